The summed E-state index contributed by atoms with van der Waals surface area (Å²) >= 11 is 0. The first-order valence-electron chi connectivity index (χ1n) is 5.06. The number of hydrogen-bond donors (Lipinski definition) is 0. The van der Waals surface area contributed by atoms with Gasteiger partial charge in [-0.15, -0.1) is 0 Å². The summed E-state index contributed by atoms with van der Waals surface area (Å²) in [5.41, 5.74) is 8.82. The van der Waals surface area contributed by atoms with E-state index in [1.54, 1.807) is 12.1 Å². The molecule has 0 aliphatic carbocycles. The zero-order valence-corrected chi connectivity index (χ0v) is 10.4. The van der Waals surface area contributed by atoms with Crippen LogP contribution in [-0.2, 0) is 0 Å². The third kappa shape index (κ3) is 3.24. The van der Waals surface area contributed by atoms with Crippen molar-refractivity contribution in [1.82, 2.24) is 0 Å². The van der Waals surface area contributed by atoms with Gasteiger partial charge in [-0.05, 0) is 17.7 Å². The molecule has 0 aromatic heterocycles. The zero-order valence-electron chi connectivity index (χ0n) is 10.4. The smallest absolute Gasteiger partial charge is 0.203 e. The van der Waals surface area contributed by atoms with Gasteiger partial charge in [-0.2, -0.15) is 0 Å². The van der Waals surface area contributed by atoms with Crippen molar-refractivity contribution in [2.75, 3.05) is 27.9 Å². The van der Waals surface area contributed by atoms with Gasteiger partial charge < -0.3 is 14.2 Å². The van der Waals surface area contributed by atoms with Gasteiger partial charge in [0.2, 0.25) is 5.75 Å². The van der Waals surface area contributed by atoms with Crippen molar-refractivity contribution in [3.05, 3.63) is 28.1 Å². The Morgan fingerprint density at radius 3 is 2.22 bits per heavy atom. The first kappa shape index (κ1) is 13.6. The topological polar surface area (TPSA) is 76.5 Å². The molecule has 1 aromatic rings. The van der Waals surface area contributed by atoms with Crippen LogP contribution in [0.5, 0.6) is 17.2 Å². The molecule has 0 aliphatic heterocycles. The highest BCUT2D eigenvalue weighted by Gasteiger charge is 2.11. The summed E-state index contributed by atoms with van der Waals surface area (Å²) in [5.74, 6) is 7.15. The van der Waals surface area contributed by atoms with Crippen LogP contribution >= 0.6 is 0 Å². The predicted molar refractivity (Wildman–Crippen MR) is 67.0 cm³/mol. The summed E-state index contributed by atoms with van der Waals surface area (Å²) in [4.78, 5) is 2.61. The van der Waals surface area contributed by atoms with Crippen LogP contribution in [0, 0.1) is 11.8 Å². The fourth-order valence-electron chi connectivity index (χ4n) is 1.36. The molecule has 0 saturated heterocycles. The predicted octanol–water partition coefficient (Wildman–Crippen LogP) is 2.37. The fourth-order valence-corrected chi connectivity index (χ4v) is 1.36. The van der Waals surface area contributed by atoms with Crippen molar-refractivity contribution in [3.8, 4) is 29.1 Å². The molecule has 0 unspecified atom stereocenters. The van der Waals surface area contributed by atoms with Crippen molar-refractivity contribution in [2.24, 2.45) is 5.11 Å². The molecule has 1 rings (SSSR count). The lowest BCUT2D eigenvalue weighted by Gasteiger charge is -2.12. The summed E-state index contributed by atoms with van der Waals surface area (Å²) in [6.07, 6.45) is 0. The van der Waals surface area contributed by atoms with E-state index >= 15 is 0 Å². The Morgan fingerprint density at radius 1 is 1.17 bits per heavy atom. The number of benzene rings is 1. The van der Waals surface area contributed by atoms with E-state index in [2.05, 4.69) is 21.9 Å². The molecule has 0 amide bonds. The third-order valence-corrected chi connectivity index (χ3v) is 2.11. The molecule has 0 bridgehead atoms. The maximum atomic E-state index is 8.13. The van der Waals surface area contributed by atoms with Crippen LogP contribution < -0.4 is 14.2 Å². The standard InChI is InChI=1S/C12H13N3O3/c1-16-10-7-9(5-4-6-14-15-13)8-11(17-2)12(10)18-3/h7-8H,6H2,1-3H3. The van der Waals surface area contributed by atoms with E-state index < -0.39 is 0 Å². The van der Waals surface area contributed by atoms with Gasteiger partial charge in [0.15, 0.2) is 11.5 Å². The molecule has 0 heterocycles. The van der Waals surface area contributed by atoms with E-state index in [9.17, 15) is 0 Å². The normalized spacial score (nSPS) is 8.61. The largest absolute Gasteiger partial charge is 0.493 e. The third-order valence-electron chi connectivity index (χ3n) is 2.11. The number of azide groups is 1. The summed E-state index contributed by atoms with van der Waals surface area (Å²) in [7, 11) is 4.61. The van der Waals surface area contributed by atoms with Crippen LogP contribution in [0.1, 0.15) is 5.56 Å². The van der Waals surface area contributed by atoms with Crippen molar-refractivity contribution < 1.29 is 14.2 Å². The molecule has 6 nitrogen and oxygen atoms in total. The van der Waals surface area contributed by atoms with Gasteiger partial charge in [-0.25, -0.2) is 0 Å². The molecular formula is C12H13N3O3. The van der Waals surface area contributed by atoms with Crippen molar-refractivity contribution in [3.63, 3.8) is 0 Å². The molecule has 0 aliphatic rings. The quantitative estimate of drug-likeness (QED) is 0.354. The summed E-state index contributed by atoms with van der Waals surface area (Å²) in [6, 6.07) is 3.45. The Morgan fingerprint density at radius 2 is 1.78 bits per heavy atom. The molecule has 1 aromatic carbocycles. The minimum Gasteiger partial charge on any atom is -0.493 e. The molecule has 0 saturated carbocycles. The number of nitrogens with zero attached hydrogens (tertiary/aromatic N) is 3. The molecule has 6 heteroatoms. The second-order valence-electron chi connectivity index (χ2n) is 3.10. The lowest BCUT2D eigenvalue weighted by molar-refractivity contribution is 0.324. The summed E-state index contributed by atoms with van der Waals surface area (Å²) in [6.45, 7) is 0.118. The molecule has 0 atom stereocenters. The number of methoxy groups -OCH3 is 3. The van der Waals surface area contributed by atoms with Gasteiger partial charge in [0.05, 0.1) is 27.9 Å². The SMILES string of the molecule is COc1cc(C#CCN=[N+]=[N-])cc(OC)c1OC. The average molecular weight is 247 g/mol. The Bertz CT molecular complexity index is 500. The minimum absolute atomic E-state index is 0.118. The lowest BCUT2D eigenvalue weighted by Crippen LogP contribution is -1.95. The van der Waals surface area contributed by atoms with Crippen molar-refractivity contribution in [1.29, 1.82) is 0 Å². The molecule has 0 N–H and O–H groups in total. The highest BCUT2D eigenvalue weighted by Crippen LogP contribution is 2.37. The van der Waals surface area contributed by atoms with E-state index in [4.69, 9.17) is 19.7 Å². The molecule has 18 heavy (non-hydrogen) atoms. The number of hydrogen-bond acceptors (Lipinski definition) is 4. The van der Waals surface area contributed by atoms with Gasteiger partial charge >= 0.3 is 0 Å². The average Bonchev–Trinajstić information content (AvgIpc) is 2.42. The Balaban J connectivity index is 3.13. The van der Waals surface area contributed by atoms with Crippen LogP contribution in [0.2, 0.25) is 0 Å². The van der Waals surface area contributed by atoms with E-state index in [1.807, 2.05) is 0 Å². The van der Waals surface area contributed by atoms with Crippen LogP contribution in [0.15, 0.2) is 17.2 Å². The summed E-state index contributed by atoms with van der Waals surface area (Å²) < 4.78 is 15.6. The molecule has 0 radical (unpaired) electrons. The second kappa shape index (κ2) is 6.94. The lowest BCUT2D eigenvalue weighted by atomic mass is 10.2. The van der Waals surface area contributed by atoms with Crippen molar-refractivity contribution >= 4 is 0 Å². The summed E-state index contributed by atoms with van der Waals surface area (Å²) in [5, 5.41) is 3.33. The maximum absolute atomic E-state index is 8.13. The van der Waals surface area contributed by atoms with Crippen LogP contribution in [-0.4, -0.2) is 27.9 Å². The van der Waals surface area contributed by atoms with Gasteiger partial charge in [0.1, 0.15) is 0 Å². The molecule has 0 spiro atoms. The van der Waals surface area contributed by atoms with Gasteiger partial charge in [0, 0.05) is 10.5 Å². The Hall–Kier alpha value is -2.51. The van der Waals surface area contributed by atoms with E-state index in [1.165, 1.54) is 21.3 Å². The van der Waals surface area contributed by atoms with E-state index in [-0.39, 0.29) is 6.54 Å². The Kier molecular flexibility index (Phi) is 5.23. The van der Waals surface area contributed by atoms with E-state index in [0.717, 1.165) is 0 Å². The van der Waals surface area contributed by atoms with Gasteiger partial charge in [-0.3, -0.25) is 0 Å². The zero-order chi connectivity index (χ0) is 13.4. The highest BCUT2D eigenvalue weighted by molar-refractivity contribution is 5.57. The first-order valence-corrected chi connectivity index (χ1v) is 5.06. The first-order chi connectivity index (χ1) is 8.76. The molecular weight excluding hydrogens is 234 g/mol. The maximum Gasteiger partial charge on any atom is 0.203 e. The number of rotatable bonds is 4. The fraction of sp³-hybridized carbons (Fsp3) is 0.333. The van der Waals surface area contributed by atoms with Gasteiger partial charge in [0.25, 0.3) is 0 Å². The van der Waals surface area contributed by atoms with Crippen LogP contribution in [0.3, 0.4) is 0 Å². The van der Waals surface area contributed by atoms with E-state index in [0.29, 0.717) is 22.8 Å². The monoisotopic (exact) mass is 247 g/mol. The molecule has 94 valence electrons. The number of ether oxygens (including phenoxy) is 3. The van der Waals surface area contributed by atoms with Gasteiger partial charge in [-0.1, -0.05) is 17.0 Å². The second-order valence-corrected chi connectivity index (χ2v) is 3.10. The van der Waals surface area contributed by atoms with Crippen molar-refractivity contribution in [2.45, 2.75) is 0 Å². The highest BCUT2D eigenvalue weighted by atomic mass is 16.5. The van der Waals surface area contributed by atoms with Crippen LogP contribution in [0.4, 0.5) is 0 Å². The van der Waals surface area contributed by atoms with Crippen LogP contribution in [0.25, 0.3) is 10.4 Å². The minimum atomic E-state index is 0.118. The molecule has 0 fully saturated rings. The Labute approximate surface area is 105 Å².